The molecule has 0 aliphatic heterocycles. The number of hydrogen-bond donors (Lipinski definition) is 3. The van der Waals surface area contributed by atoms with E-state index in [1.165, 1.54) is 26.5 Å². The minimum atomic E-state index is -0.413. The van der Waals surface area contributed by atoms with Crippen LogP contribution in [0.1, 0.15) is 26.3 Å². The van der Waals surface area contributed by atoms with Crippen LogP contribution in [0, 0.1) is 0 Å². The lowest BCUT2D eigenvalue weighted by molar-refractivity contribution is 0.102. The summed E-state index contributed by atoms with van der Waals surface area (Å²) < 4.78 is 10.8. The summed E-state index contributed by atoms with van der Waals surface area (Å²) in [6, 6.07) is 19.8. The molecular weight excluding hydrogens is 444 g/mol. The van der Waals surface area contributed by atoms with Gasteiger partial charge in [-0.3, -0.25) is 14.6 Å². The Morgan fingerprint density at radius 3 is 2.31 bits per heavy atom. The molecule has 0 unspecified atom stereocenters. The topological polar surface area (TPSA) is 116 Å². The summed E-state index contributed by atoms with van der Waals surface area (Å²) in [5.74, 6) is -0.0800. The van der Waals surface area contributed by atoms with E-state index in [0.717, 1.165) is 22.9 Å². The molecule has 178 valence electrons. The summed E-state index contributed by atoms with van der Waals surface area (Å²) in [4.78, 5) is 30.6. The van der Waals surface area contributed by atoms with Gasteiger partial charge in [0.25, 0.3) is 11.8 Å². The molecule has 35 heavy (non-hydrogen) atoms. The second-order valence-corrected chi connectivity index (χ2v) is 7.81. The van der Waals surface area contributed by atoms with E-state index in [4.69, 9.17) is 15.2 Å². The minimum Gasteiger partial charge on any atom is -0.493 e. The van der Waals surface area contributed by atoms with Gasteiger partial charge in [0.05, 0.1) is 36.6 Å². The highest BCUT2D eigenvalue weighted by Gasteiger charge is 2.20. The zero-order valence-corrected chi connectivity index (χ0v) is 19.5. The molecule has 0 saturated carbocycles. The average molecular weight is 471 g/mol. The molecule has 0 aliphatic carbocycles. The number of nitrogens with one attached hydrogen (secondary N) is 2. The number of anilines is 2. The van der Waals surface area contributed by atoms with E-state index < -0.39 is 11.8 Å². The molecule has 0 fully saturated rings. The summed E-state index contributed by atoms with van der Waals surface area (Å²) in [7, 11) is 2.97. The molecule has 4 aromatic rings. The molecule has 3 aromatic carbocycles. The number of benzene rings is 3. The number of carbonyl (C=O) groups excluding carboxylic acids is 2. The smallest absolute Gasteiger partial charge is 0.257 e. The van der Waals surface area contributed by atoms with Crippen molar-refractivity contribution in [2.45, 2.75) is 6.42 Å². The Labute approximate surface area is 203 Å². The largest absolute Gasteiger partial charge is 0.493 e. The number of nitrogens with two attached hydrogens (primary N) is 1. The SMILES string of the molecule is COc1cc(NC(=O)c2cnc3ccccc3c2)c(C(=O)Nc2ccc(CCN)cc2)cc1OC. The fraction of sp³-hybridized carbons (Fsp3) is 0.148. The second kappa shape index (κ2) is 10.7. The van der Waals surface area contributed by atoms with Crippen molar-refractivity contribution in [3.8, 4) is 11.5 Å². The molecule has 8 nitrogen and oxygen atoms in total. The molecule has 0 spiro atoms. The normalized spacial score (nSPS) is 10.6. The molecule has 2 amide bonds. The number of para-hydroxylation sites is 1. The Morgan fingerprint density at radius 1 is 0.886 bits per heavy atom. The molecule has 0 bridgehead atoms. The van der Waals surface area contributed by atoms with Gasteiger partial charge in [-0.1, -0.05) is 30.3 Å². The molecule has 0 radical (unpaired) electrons. The minimum absolute atomic E-state index is 0.218. The average Bonchev–Trinajstić information content (AvgIpc) is 2.89. The van der Waals surface area contributed by atoms with Crippen LogP contribution < -0.4 is 25.8 Å². The number of rotatable bonds is 8. The van der Waals surface area contributed by atoms with Gasteiger partial charge < -0.3 is 25.8 Å². The van der Waals surface area contributed by atoms with Gasteiger partial charge in [-0.2, -0.15) is 0 Å². The van der Waals surface area contributed by atoms with Crippen molar-refractivity contribution in [2.24, 2.45) is 5.73 Å². The van der Waals surface area contributed by atoms with Crippen LogP contribution in [0.5, 0.6) is 11.5 Å². The summed E-state index contributed by atoms with van der Waals surface area (Å²) in [5.41, 5.74) is 8.93. The van der Waals surface area contributed by atoms with Crippen molar-refractivity contribution in [3.63, 3.8) is 0 Å². The van der Waals surface area contributed by atoms with Gasteiger partial charge >= 0.3 is 0 Å². The van der Waals surface area contributed by atoms with Crippen molar-refractivity contribution in [3.05, 3.63) is 89.6 Å². The highest BCUT2D eigenvalue weighted by molar-refractivity contribution is 6.13. The van der Waals surface area contributed by atoms with E-state index >= 15 is 0 Å². The van der Waals surface area contributed by atoms with E-state index in [9.17, 15) is 9.59 Å². The zero-order valence-electron chi connectivity index (χ0n) is 19.5. The lowest BCUT2D eigenvalue weighted by Crippen LogP contribution is -2.19. The first-order chi connectivity index (χ1) is 17.0. The van der Waals surface area contributed by atoms with Crippen molar-refractivity contribution in [2.75, 3.05) is 31.4 Å². The van der Waals surface area contributed by atoms with Gasteiger partial charge in [-0.25, -0.2) is 0 Å². The maximum absolute atomic E-state index is 13.2. The summed E-state index contributed by atoms with van der Waals surface area (Å²) in [6.07, 6.45) is 2.25. The van der Waals surface area contributed by atoms with Gasteiger partial charge in [0.15, 0.2) is 11.5 Å². The molecule has 8 heteroatoms. The quantitative estimate of drug-likeness (QED) is 0.354. The number of fused-ring (bicyclic) bond motifs is 1. The Hall–Kier alpha value is -4.43. The van der Waals surface area contributed by atoms with E-state index in [1.54, 1.807) is 12.1 Å². The van der Waals surface area contributed by atoms with E-state index in [1.807, 2.05) is 48.5 Å². The number of pyridine rings is 1. The third-order valence-electron chi connectivity index (χ3n) is 5.51. The number of methoxy groups -OCH3 is 2. The number of aromatic nitrogens is 1. The third-order valence-corrected chi connectivity index (χ3v) is 5.51. The first-order valence-corrected chi connectivity index (χ1v) is 11.0. The Bertz CT molecular complexity index is 1370. The monoisotopic (exact) mass is 470 g/mol. The summed E-state index contributed by atoms with van der Waals surface area (Å²) in [5, 5.41) is 6.52. The fourth-order valence-corrected chi connectivity index (χ4v) is 3.68. The van der Waals surface area contributed by atoms with Crippen LogP contribution in [0.15, 0.2) is 72.9 Å². The van der Waals surface area contributed by atoms with E-state index in [0.29, 0.717) is 29.3 Å². The lowest BCUT2D eigenvalue weighted by Gasteiger charge is -2.16. The van der Waals surface area contributed by atoms with Crippen molar-refractivity contribution in [1.29, 1.82) is 0 Å². The fourth-order valence-electron chi connectivity index (χ4n) is 3.68. The Morgan fingerprint density at radius 2 is 1.60 bits per heavy atom. The van der Waals surface area contributed by atoms with E-state index in [-0.39, 0.29) is 11.3 Å². The van der Waals surface area contributed by atoms with Crippen LogP contribution in [-0.4, -0.2) is 37.6 Å². The molecule has 1 heterocycles. The van der Waals surface area contributed by atoms with Crippen LogP contribution in [0.2, 0.25) is 0 Å². The van der Waals surface area contributed by atoms with Crippen molar-refractivity contribution in [1.82, 2.24) is 4.98 Å². The number of hydrogen-bond acceptors (Lipinski definition) is 6. The number of amides is 2. The predicted octanol–water partition coefficient (Wildman–Crippen LogP) is 4.26. The molecular formula is C27H26N4O4. The standard InChI is InChI=1S/C27H26N4O4/c1-34-24-14-21(27(33)30-20-9-7-17(8-10-20)11-12-28)23(15-25(24)35-2)31-26(32)19-13-18-5-3-4-6-22(18)29-16-19/h3-10,13-16H,11-12,28H2,1-2H3,(H,30,33)(H,31,32). The number of carbonyl (C=O) groups is 2. The maximum Gasteiger partial charge on any atom is 0.257 e. The Balaban J connectivity index is 1.64. The van der Waals surface area contributed by atoms with Crippen LogP contribution in [0.4, 0.5) is 11.4 Å². The molecule has 0 saturated heterocycles. The van der Waals surface area contributed by atoms with Crippen LogP contribution in [0.3, 0.4) is 0 Å². The zero-order chi connectivity index (χ0) is 24.8. The van der Waals surface area contributed by atoms with Gasteiger partial charge in [0, 0.05) is 23.3 Å². The first-order valence-electron chi connectivity index (χ1n) is 11.0. The van der Waals surface area contributed by atoms with Crippen LogP contribution in [-0.2, 0) is 6.42 Å². The van der Waals surface area contributed by atoms with E-state index in [2.05, 4.69) is 15.6 Å². The summed E-state index contributed by atoms with van der Waals surface area (Å²) >= 11 is 0. The lowest BCUT2D eigenvalue weighted by atomic mass is 10.1. The second-order valence-electron chi connectivity index (χ2n) is 7.81. The van der Waals surface area contributed by atoms with Gasteiger partial charge in [-0.05, 0) is 48.9 Å². The molecule has 1 aromatic heterocycles. The first kappa shape index (κ1) is 23.7. The third kappa shape index (κ3) is 5.39. The Kier molecular flexibility index (Phi) is 7.23. The van der Waals surface area contributed by atoms with Crippen molar-refractivity contribution >= 4 is 34.1 Å². The number of ether oxygens (including phenoxy) is 2. The maximum atomic E-state index is 13.2. The van der Waals surface area contributed by atoms with Gasteiger partial charge in [-0.15, -0.1) is 0 Å². The highest BCUT2D eigenvalue weighted by Crippen LogP contribution is 2.34. The van der Waals surface area contributed by atoms with Crippen molar-refractivity contribution < 1.29 is 19.1 Å². The van der Waals surface area contributed by atoms with Gasteiger partial charge in [0.1, 0.15) is 0 Å². The highest BCUT2D eigenvalue weighted by atomic mass is 16.5. The summed E-state index contributed by atoms with van der Waals surface area (Å²) in [6.45, 7) is 0.549. The van der Waals surface area contributed by atoms with Crippen LogP contribution in [0.25, 0.3) is 10.9 Å². The molecule has 4 N–H and O–H groups in total. The number of nitrogens with zero attached hydrogens (tertiary/aromatic N) is 1. The van der Waals surface area contributed by atoms with Crippen LogP contribution >= 0.6 is 0 Å². The predicted molar refractivity (Wildman–Crippen MR) is 136 cm³/mol. The molecule has 4 rings (SSSR count). The van der Waals surface area contributed by atoms with Gasteiger partial charge in [0.2, 0.25) is 0 Å². The molecule has 0 aliphatic rings. The molecule has 0 atom stereocenters.